The van der Waals surface area contributed by atoms with Crippen molar-refractivity contribution in [2.75, 3.05) is 45.2 Å². The lowest BCUT2D eigenvalue weighted by molar-refractivity contribution is 0.311. The third-order valence-electron chi connectivity index (χ3n) is 4.23. The Balaban J connectivity index is 2.10. The molecule has 106 valence electrons. The van der Waals surface area contributed by atoms with Crippen molar-refractivity contribution >= 4 is 16.5 Å². The number of fused-ring (bicyclic) bond motifs is 1. The molecule has 1 saturated heterocycles. The molecule has 1 aliphatic heterocycles. The van der Waals surface area contributed by atoms with Crippen molar-refractivity contribution in [2.45, 2.75) is 6.92 Å². The highest BCUT2D eigenvalue weighted by atomic mass is 16.5. The number of piperazine rings is 1. The fraction of sp³-hybridized carbons (Fsp3) is 0.412. The number of likely N-dealkylation sites (N-methyl/N-ethyl adjacent to an activating group) is 1. The normalized spacial score (nSPS) is 16.6. The zero-order chi connectivity index (χ0) is 14.1. The number of ether oxygens (including phenoxy) is 1. The summed E-state index contributed by atoms with van der Waals surface area (Å²) in [5, 5.41) is 2.49. The number of rotatable bonds is 2. The van der Waals surface area contributed by atoms with Crippen molar-refractivity contribution in [3.8, 4) is 5.75 Å². The van der Waals surface area contributed by atoms with E-state index in [1.54, 1.807) is 7.11 Å². The Morgan fingerprint density at radius 3 is 2.30 bits per heavy atom. The number of aryl methyl sites for hydroxylation is 1. The molecule has 2 aromatic rings. The fourth-order valence-corrected chi connectivity index (χ4v) is 3.01. The van der Waals surface area contributed by atoms with E-state index in [1.165, 1.54) is 22.0 Å². The van der Waals surface area contributed by atoms with Gasteiger partial charge in [0.2, 0.25) is 0 Å². The van der Waals surface area contributed by atoms with Crippen LogP contribution in [-0.2, 0) is 0 Å². The van der Waals surface area contributed by atoms with Crippen LogP contribution < -0.4 is 9.64 Å². The van der Waals surface area contributed by atoms with Crippen LogP contribution in [0.5, 0.6) is 5.75 Å². The summed E-state index contributed by atoms with van der Waals surface area (Å²) in [5.41, 5.74) is 2.55. The summed E-state index contributed by atoms with van der Waals surface area (Å²) >= 11 is 0. The molecule has 0 atom stereocenters. The van der Waals surface area contributed by atoms with Crippen LogP contribution in [0.15, 0.2) is 30.3 Å². The zero-order valence-corrected chi connectivity index (χ0v) is 12.5. The summed E-state index contributed by atoms with van der Waals surface area (Å²) in [7, 11) is 3.96. The van der Waals surface area contributed by atoms with E-state index in [1.807, 2.05) is 0 Å². The summed E-state index contributed by atoms with van der Waals surface area (Å²) in [6.45, 7) is 6.51. The number of hydrogen-bond donors (Lipinski definition) is 0. The van der Waals surface area contributed by atoms with Gasteiger partial charge in [-0.2, -0.15) is 0 Å². The van der Waals surface area contributed by atoms with E-state index in [-0.39, 0.29) is 0 Å². The third-order valence-corrected chi connectivity index (χ3v) is 4.23. The van der Waals surface area contributed by atoms with Crippen LogP contribution in [0.4, 0.5) is 5.69 Å². The minimum atomic E-state index is 1.01. The first-order valence-electron chi connectivity index (χ1n) is 7.20. The lowest BCUT2D eigenvalue weighted by atomic mass is 10.0. The molecule has 0 amide bonds. The highest BCUT2D eigenvalue weighted by Gasteiger charge is 2.20. The highest BCUT2D eigenvalue weighted by Crippen LogP contribution is 2.38. The molecule has 0 saturated carbocycles. The molecule has 0 radical (unpaired) electrons. The van der Waals surface area contributed by atoms with Gasteiger partial charge in [-0.25, -0.2) is 0 Å². The first-order chi connectivity index (χ1) is 9.70. The topological polar surface area (TPSA) is 15.7 Å². The van der Waals surface area contributed by atoms with E-state index in [9.17, 15) is 0 Å². The Morgan fingerprint density at radius 2 is 1.65 bits per heavy atom. The van der Waals surface area contributed by atoms with Crippen molar-refractivity contribution < 1.29 is 4.74 Å². The van der Waals surface area contributed by atoms with Gasteiger partial charge in [0.15, 0.2) is 0 Å². The van der Waals surface area contributed by atoms with Crippen LogP contribution >= 0.6 is 0 Å². The summed E-state index contributed by atoms with van der Waals surface area (Å²) in [6.07, 6.45) is 0. The zero-order valence-electron chi connectivity index (χ0n) is 12.5. The Hall–Kier alpha value is -1.74. The predicted molar refractivity (Wildman–Crippen MR) is 84.9 cm³/mol. The van der Waals surface area contributed by atoms with E-state index >= 15 is 0 Å². The third kappa shape index (κ3) is 2.22. The van der Waals surface area contributed by atoms with Gasteiger partial charge in [0.1, 0.15) is 5.75 Å². The van der Waals surface area contributed by atoms with E-state index in [4.69, 9.17) is 4.74 Å². The maximum absolute atomic E-state index is 5.74. The van der Waals surface area contributed by atoms with Gasteiger partial charge in [-0.1, -0.05) is 24.3 Å². The quantitative estimate of drug-likeness (QED) is 0.834. The van der Waals surface area contributed by atoms with Gasteiger partial charge in [-0.15, -0.1) is 0 Å². The van der Waals surface area contributed by atoms with Gasteiger partial charge in [0.05, 0.1) is 12.8 Å². The molecule has 1 aliphatic rings. The smallest absolute Gasteiger partial charge is 0.149 e. The Morgan fingerprint density at radius 1 is 1.00 bits per heavy atom. The van der Waals surface area contributed by atoms with E-state index in [0.29, 0.717) is 0 Å². The first-order valence-corrected chi connectivity index (χ1v) is 7.20. The molecule has 3 heteroatoms. The lowest BCUT2D eigenvalue weighted by Gasteiger charge is -2.35. The van der Waals surface area contributed by atoms with Crippen LogP contribution in [-0.4, -0.2) is 45.2 Å². The molecular weight excluding hydrogens is 248 g/mol. The summed E-state index contributed by atoms with van der Waals surface area (Å²) < 4.78 is 5.74. The minimum absolute atomic E-state index is 1.01. The lowest BCUT2D eigenvalue weighted by Crippen LogP contribution is -2.44. The van der Waals surface area contributed by atoms with Gasteiger partial charge in [0.25, 0.3) is 0 Å². The molecule has 3 nitrogen and oxygen atoms in total. The molecule has 0 N–H and O–H groups in total. The summed E-state index contributed by atoms with van der Waals surface area (Å²) in [4.78, 5) is 4.81. The molecular formula is C17H22N2O. The number of hydrogen-bond acceptors (Lipinski definition) is 3. The molecule has 0 aromatic heterocycles. The van der Waals surface area contributed by atoms with Crippen LogP contribution in [0.3, 0.4) is 0 Å². The fourth-order valence-electron chi connectivity index (χ4n) is 3.01. The van der Waals surface area contributed by atoms with Crippen LogP contribution in [0, 0.1) is 6.92 Å². The van der Waals surface area contributed by atoms with E-state index in [0.717, 1.165) is 31.9 Å². The molecule has 2 aromatic carbocycles. The highest BCUT2D eigenvalue weighted by molar-refractivity contribution is 5.96. The average molecular weight is 270 g/mol. The second-order valence-electron chi connectivity index (χ2n) is 5.58. The van der Waals surface area contributed by atoms with Crippen LogP contribution in [0.2, 0.25) is 0 Å². The number of benzene rings is 2. The monoisotopic (exact) mass is 270 g/mol. The van der Waals surface area contributed by atoms with Crippen molar-refractivity contribution in [1.82, 2.24) is 4.90 Å². The molecule has 0 bridgehead atoms. The molecule has 0 spiro atoms. The Labute approximate surface area is 120 Å². The van der Waals surface area contributed by atoms with Crippen molar-refractivity contribution in [3.05, 3.63) is 35.9 Å². The number of anilines is 1. The largest absolute Gasteiger partial charge is 0.494 e. The molecule has 1 fully saturated rings. The molecule has 0 unspecified atom stereocenters. The van der Waals surface area contributed by atoms with Gasteiger partial charge < -0.3 is 14.5 Å². The van der Waals surface area contributed by atoms with Crippen molar-refractivity contribution in [3.63, 3.8) is 0 Å². The van der Waals surface area contributed by atoms with Gasteiger partial charge >= 0.3 is 0 Å². The number of nitrogens with zero attached hydrogens (tertiary/aromatic N) is 2. The van der Waals surface area contributed by atoms with Crippen molar-refractivity contribution in [2.24, 2.45) is 0 Å². The second-order valence-corrected chi connectivity index (χ2v) is 5.58. The summed E-state index contributed by atoms with van der Waals surface area (Å²) in [5.74, 6) is 1.01. The predicted octanol–water partition coefficient (Wildman–Crippen LogP) is 2.91. The van der Waals surface area contributed by atoms with Crippen molar-refractivity contribution in [1.29, 1.82) is 0 Å². The van der Waals surface area contributed by atoms with Gasteiger partial charge in [-0.05, 0) is 31.0 Å². The Bertz CT molecular complexity index is 616. The van der Waals surface area contributed by atoms with E-state index in [2.05, 4.69) is 54.1 Å². The van der Waals surface area contributed by atoms with Crippen LogP contribution in [0.1, 0.15) is 5.56 Å². The second kappa shape index (κ2) is 5.33. The maximum atomic E-state index is 5.74. The van der Waals surface area contributed by atoms with E-state index < -0.39 is 0 Å². The molecule has 0 aliphatic carbocycles. The van der Waals surface area contributed by atoms with Crippen LogP contribution in [0.25, 0.3) is 10.8 Å². The molecule has 3 rings (SSSR count). The molecule has 20 heavy (non-hydrogen) atoms. The average Bonchev–Trinajstić information content (AvgIpc) is 2.48. The minimum Gasteiger partial charge on any atom is -0.494 e. The van der Waals surface area contributed by atoms with Gasteiger partial charge in [-0.3, -0.25) is 0 Å². The summed E-state index contributed by atoms with van der Waals surface area (Å²) in [6, 6.07) is 10.8. The Kier molecular flexibility index (Phi) is 3.53. The first kappa shape index (κ1) is 13.3. The standard InChI is InChI=1S/C17H22N2O/c1-13-12-16(19-10-8-18(2)9-11-19)17(20-3)15-7-5-4-6-14(13)15/h4-7,12H,8-11H2,1-3H3. The number of methoxy groups -OCH3 is 1. The molecule has 1 heterocycles. The SMILES string of the molecule is COc1c(N2CCN(C)CC2)cc(C)c2ccccc12. The van der Waals surface area contributed by atoms with Gasteiger partial charge in [0, 0.05) is 31.6 Å². The maximum Gasteiger partial charge on any atom is 0.149 e.